The lowest BCUT2D eigenvalue weighted by atomic mass is 10.0. The van der Waals surface area contributed by atoms with Crippen LogP contribution in [0.2, 0.25) is 0 Å². The van der Waals surface area contributed by atoms with E-state index in [0.717, 1.165) is 96.3 Å². The highest BCUT2D eigenvalue weighted by atomic mass is 31.2. The van der Waals surface area contributed by atoms with Crippen molar-refractivity contribution in [3.63, 3.8) is 0 Å². The van der Waals surface area contributed by atoms with Gasteiger partial charge >= 0.3 is 39.5 Å². The van der Waals surface area contributed by atoms with Gasteiger partial charge in [0.15, 0.2) is 12.2 Å². The lowest BCUT2D eigenvalue weighted by molar-refractivity contribution is -0.161. The van der Waals surface area contributed by atoms with Gasteiger partial charge in [-0.05, 0) is 31.6 Å². The third-order valence-corrected chi connectivity index (χ3v) is 18.7. The van der Waals surface area contributed by atoms with Gasteiger partial charge in [-0.15, -0.1) is 0 Å². The predicted octanol–water partition coefficient (Wildman–Crippen LogP) is 20.9. The Balaban J connectivity index is 5.23. The van der Waals surface area contributed by atoms with Crippen LogP contribution in [0.25, 0.3) is 0 Å². The van der Waals surface area contributed by atoms with E-state index in [2.05, 4.69) is 34.6 Å². The first-order valence-corrected chi connectivity index (χ1v) is 40.6. The number of aliphatic hydroxyl groups is 1. The molecule has 2 unspecified atom stereocenters. The van der Waals surface area contributed by atoms with Crippen molar-refractivity contribution in [3.05, 3.63) is 0 Å². The van der Waals surface area contributed by atoms with Crippen LogP contribution in [0.5, 0.6) is 0 Å². The molecular weight excluding hydrogens is 1200 g/mol. The maximum Gasteiger partial charge on any atom is 0.472 e. The van der Waals surface area contributed by atoms with E-state index in [9.17, 15) is 43.2 Å². The van der Waals surface area contributed by atoms with Gasteiger partial charge in [0.2, 0.25) is 0 Å². The van der Waals surface area contributed by atoms with Gasteiger partial charge in [-0.1, -0.05) is 324 Å². The summed E-state index contributed by atoms with van der Waals surface area (Å²) >= 11 is 0. The molecule has 0 saturated heterocycles. The standard InChI is InChI=1S/C72H140O17P2/c1-6-9-12-15-18-21-24-27-28-29-30-31-34-37-42-48-53-58-72(77)88-67(61-82-69(74)55-50-45-40-35-32-25-22-19-16-13-10-7-2)63-86-90(78,79)84-59-66(73)60-85-91(80,81)87-64-68(62-83-70(75)56-51-46-43-38-39-44-49-54-65(4)5)89-71(76)57-52-47-41-36-33-26-23-20-17-14-11-8-3/h65-68,73H,6-64H2,1-5H3,(H,78,79)(H,80,81)/t66-,67-,68-/m1/s1. The van der Waals surface area contributed by atoms with Gasteiger partial charge in [0.1, 0.15) is 19.3 Å². The molecule has 19 heteroatoms. The van der Waals surface area contributed by atoms with Crippen LogP contribution in [-0.4, -0.2) is 96.7 Å². The van der Waals surface area contributed by atoms with Crippen LogP contribution in [-0.2, 0) is 65.4 Å². The third kappa shape index (κ3) is 66.5. The van der Waals surface area contributed by atoms with Gasteiger partial charge in [-0.3, -0.25) is 37.3 Å². The average molecular weight is 1340 g/mol. The van der Waals surface area contributed by atoms with Crippen LogP contribution in [0.1, 0.15) is 375 Å². The molecule has 0 heterocycles. The Morgan fingerprint density at radius 2 is 0.505 bits per heavy atom. The molecule has 17 nitrogen and oxygen atoms in total. The average Bonchev–Trinajstić information content (AvgIpc) is 3.69. The molecule has 0 bridgehead atoms. The SMILES string of the molecule is CCCCCCCCCCCCCCCCCCCC(=O)O[C@H](COC(=O)CCCCCCCCCCCCCC)COP(=O)(O)OC[C@@H](O)COP(=O)(O)OC[C@@H](COC(=O)CCCCCCCCCC(C)C)OC(=O)CCCCCCCCCCCCCC. The summed E-state index contributed by atoms with van der Waals surface area (Å²) in [6.07, 6.45) is 52.7. The summed E-state index contributed by atoms with van der Waals surface area (Å²) < 4.78 is 68.4. The zero-order valence-corrected chi connectivity index (χ0v) is 60.8. The lowest BCUT2D eigenvalue weighted by Gasteiger charge is -2.21. The Morgan fingerprint density at radius 3 is 0.747 bits per heavy atom. The highest BCUT2D eigenvalue weighted by Crippen LogP contribution is 2.45. The second kappa shape index (κ2) is 65.4. The Bertz CT molecular complexity index is 1750. The predicted molar refractivity (Wildman–Crippen MR) is 368 cm³/mol. The zero-order valence-electron chi connectivity index (χ0n) is 59.0. The van der Waals surface area contributed by atoms with E-state index in [1.165, 1.54) is 193 Å². The normalized spacial score (nSPS) is 14.0. The van der Waals surface area contributed by atoms with E-state index in [4.69, 9.17) is 37.0 Å². The molecule has 91 heavy (non-hydrogen) atoms. The van der Waals surface area contributed by atoms with E-state index >= 15 is 0 Å². The third-order valence-electron chi connectivity index (χ3n) is 16.8. The van der Waals surface area contributed by atoms with Crippen LogP contribution in [0.4, 0.5) is 0 Å². The molecule has 0 aromatic rings. The monoisotopic (exact) mass is 1340 g/mol. The molecule has 0 aromatic carbocycles. The highest BCUT2D eigenvalue weighted by molar-refractivity contribution is 7.47. The largest absolute Gasteiger partial charge is 0.472 e. The molecule has 0 rings (SSSR count). The maximum atomic E-state index is 13.0. The van der Waals surface area contributed by atoms with Crippen molar-refractivity contribution in [2.24, 2.45) is 5.92 Å². The van der Waals surface area contributed by atoms with Gasteiger partial charge in [0.25, 0.3) is 0 Å². The van der Waals surface area contributed by atoms with Gasteiger partial charge in [-0.2, -0.15) is 0 Å². The number of unbranched alkanes of at least 4 members (excludes halogenated alkanes) is 44. The van der Waals surface area contributed by atoms with E-state index in [0.29, 0.717) is 31.6 Å². The van der Waals surface area contributed by atoms with Crippen molar-refractivity contribution in [1.82, 2.24) is 0 Å². The fourth-order valence-corrected chi connectivity index (χ4v) is 12.6. The van der Waals surface area contributed by atoms with Crippen molar-refractivity contribution in [2.75, 3.05) is 39.6 Å². The van der Waals surface area contributed by atoms with Crippen molar-refractivity contribution < 1.29 is 80.2 Å². The van der Waals surface area contributed by atoms with Gasteiger partial charge in [0, 0.05) is 25.7 Å². The first kappa shape index (κ1) is 89.1. The molecule has 5 atom stereocenters. The van der Waals surface area contributed by atoms with Gasteiger partial charge in [0.05, 0.1) is 26.4 Å². The second-order valence-electron chi connectivity index (χ2n) is 26.5. The number of aliphatic hydroxyl groups excluding tert-OH is 1. The fourth-order valence-electron chi connectivity index (χ4n) is 11.0. The molecular formula is C72H140O17P2. The zero-order chi connectivity index (χ0) is 67.0. The molecule has 3 N–H and O–H groups in total. The van der Waals surface area contributed by atoms with Gasteiger partial charge in [-0.25, -0.2) is 9.13 Å². The Labute approximate surface area is 556 Å². The van der Waals surface area contributed by atoms with Crippen LogP contribution in [0.15, 0.2) is 0 Å². The number of hydrogen-bond donors (Lipinski definition) is 3. The number of esters is 4. The first-order valence-electron chi connectivity index (χ1n) is 37.6. The van der Waals surface area contributed by atoms with Crippen molar-refractivity contribution in [2.45, 2.75) is 393 Å². The van der Waals surface area contributed by atoms with Gasteiger partial charge < -0.3 is 33.8 Å². The van der Waals surface area contributed by atoms with E-state index < -0.39 is 97.5 Å². The summed E-state index contributed by atoms with van der Waals surface area (Å²) in [4.78, 5) is 72.6. The Hall–Kier alpha value is -1.94. The molecule has 540 valence electrons. The number of phosphoric ester groups is 2. The summed E-state index contributed by atoms with van der Waals surface area (Å²) in [7, 11) is -9.90. The van der Waals surface area contributed by atoms with E-state index in [1.807, 2.05) is 0 Å². The smallest absolute Gasteiger partial charge is 0.462 e. The topological polar surface area (TPSA) is 237 Å². The molecule has 0 aliphatic rings. The summed E-state index contributed by atoms with van der Waals surface area (Å²) in [6.45, 7) is 7.21. The number of carbonyl (C=O) groups excluding carboxylic acids is 4. The number of phosphoric acid groups is 2. The molecule has 0 fully saturated rings. The highest BCUT2D eigenvalue weighted by Gasteiger charge is 2.30. The molecule has 0 amide bonds. The Kier molecular flexibility index (Phi) is 64.0. The molecule has 0 aliphatic heterocycles. The minimum Gasteiger partial charge on any atom is -0.462 e. The number of rotatable bonds is 72. The quantitative estimate of drug-likeness (QED) is 0.0222. The molecule has 0 aromatic heterocycles. The number of carbonyl (C=O) groups is 4. The Morgan fingerprint density at radius 1 is 0.297 bits per heavy atom. The maximum absolute atomic E-state index is 13.0. The number of hydrogen-bond acceptors (Lipinski definition) is 15. The van der Waals surface area contributed by atoms with Crippen molar-refractivity contribution in [1.29, 1.82) is 0 Å². The van der Waals surface area contributed by atoms with Crippen molar-refractivity contribution in [3.8, 4) is 0 Å². The number of ether oxygens (including phenoxy) is 4. The minimum atomic E-state index is -4.95. The van der Waals surface area contributed by atoms with Crippen molar-refractivity contribution >= 4 is 39.5 Å². The second-order valence-corrected chi connectivity index (χ2v) is 29.4. The fraction of sp³-hybridized carbons (Fsp3) is 0.944. The summed E-state index contributed by atoms with van der Waals surface area (Å²) in [6, 6.07) is 0. The lowest BCUT2D eigenvalue weighted by Crippen LogP contribution is -2.30. The summed E-state index contributed by atoms with van der Waals surface area (Å²) in [5.41, 5.74) is 0. The summed E-state index contributed by atoms with van der Waals surface area (Å²) in [5.74, 6) is -1.41. The molecule has 0 saturated carbocycles. The van der Waals surface area contributed by atoms with Crippen LogP contribution >= 0.6 is 15.6 Å². The van der Waals surface area contributed by atoms with E-state index in [1.54, 1.807) is 0 Å². The molecule has 0 aliphatic carbocycles. The molecule has 0 spiro atoms. The summed E-state index contributed by atoms with van der Waals surface area (Å²) in [5, 5.41) is 10.6. The molecule has 0 radical (unpaired) electrons. The minimum absolute atomic E-state index is 0.107. The van der Waals surface area contributed by atoms with Crippen LogP contribution in [0.3, 0.4) is 0 Å². The van der Waals surface area contributed by atoms with Crippen LogP contribution < -0.4 is 0 Å². The van der Waals surface area contributed by atoms with E-state index in [-0.39, 0.29) is 25.7 Å². The first-order chi connectivity index (χ1) is 44.0. The van der Waals surface area contributed by atoms with Crippen LogP contribution in [0, 0.1) is 5.92 Å².